The SMILES string of the molecule is O=C1CCN(CC2CCCOC2)C(=O)C2(CCCC2)N1. The van der Waals surface area contributed by atoms with Crippen molar-refractivity contribution in [1.82, 2.24) is 10.2 Å². The van der Waals surface area contributed by atoms with Crippen LogP contribution in [-0.2, 0) is 14.3 Å². The van der Waals surface area contributed by atoms with E-state index in [1.165, 1.54) is 0 Å². The number of hydrogen-bond donors (Lipinski definition) is 1. The largest absolute Gasteiger partial charge is 0.381 e. The molecule has 1 aliphatic carbocycles. The lowest BCUT2D eigenvalue weighted by molar-refractivity contribution is -0.139. The summed E-state index contributed by atoms with van der Waals surface area (Å²) < 4.78 is 5.51. The summed E-state index contributed by atoms with van der Waals surface area (Å²) in [5.41, 5.74) is -0.594. The van der Waals surface area contributed by atoms with Crippen LogP contribution in [0.1, 0.15) is 44.9 Å². The minimum absolute atomic E-state index is 0.0302. The van der Waals surface area contributed by atoms with E-state index in [4.69, 9.17) is 4.74 Å². The number of hydrogen-bond acceptors (Lipinski definition) is 3. The second-order valence-corrected chi connectivity index (χ2v) is 6.42. The Morgan fingerprint density at radius 1 is 1.25 bits per heavy atom. The van der Waals surface area contributed by atoms with Crippen LogP contribution in [-0.4, -0.2) is 48.6 Å². The van der Waals surface area contributed by atoms with Crippen LogP contribution in [0.5, 0.6) is 0 Å². The first kappa shape index (κ1) is 13.9. The van der Waals surface area contributed by atoms with E-state index in [9.17, 15) is 9.59 Å². The molecule has 2 amide bonds. The van der Waals surface area contributed by atoms with E-state index in [1.54, 1.807) is 0 Å². The molecule has 2 heterocycles. The molecule has 1 unspecified atom stereocenters. The van der Waals surface area contributed by atoms with Crippen molar-refractivity contribution in [2.24, 2.45) is 5.92 Å². The summed E-state index contributed by atoms with van der Waals surface area (Å²) in [6.07, 6.45) is 6.30. The number of amides is 2. The molecule has 0 radical (unpaired) electrons. The summed E-state index contributed by atoms with van der Waals surface area (Å²) in [7, 11) is 0. The van der Waals surface area contributed by atoms with Gasteiger partial charge in [0.15, 0.2) is 0 Å². The van der Waals surface area contributed by atoms with Crippen LogP contribution < -0.4 is 5.32 Å². The lowest BCUT2D eigenvalue weighted by atomic mass is 9.94. The second-order valence-electron chi connectivity index (χ2n) is 6.42. The summed E-state index contributed by atoms with van der Waals surface area (Å²) in [5.74, 6) is 0.605. The molecule has 1 spiro atoms. The number of carbonyl (C=O) groups excluding carboxylic acids is 2. The third kappa shape index (κ3) is 2.68. The van der Waals surface area contributed by atoms with Gasteiger partial charge in [0.25, 0.3) is 0 Å². The van der Waals surface area contributed by atoms with Gasteiger partial charge in [-0.15, -0.1) is 0 Å². The molecule has 0 aromatic heterocycles. The van der Waals surface area contributed by atoms with Crippen LogP contribution in [0.4, 0.5) is 0 Å². The second kappa shape index (κ2) is 5.72. The van der Waals surface area contributed by atoms with Gasteiger partial charge < -0.3 is 15.0 Å². The molecule has 1 N–H and O–H groups in total. The lowest BCUT2D eigenvalue weighted by Crippen LogP contribution is -2.56. The number of ether oxygens (including phenoxy) is 1. The number of nitrogens with zero attached hydrogens (tertiary/aromatic N) is 1. The quantitative estimate of drug-likeness (QED) is 0.823. The Kier molecular flexibility index (Phi) is 3.96. The average molecular weight is 280 g/mol. The van der Waals surface area contributed by atoms with Gasteiger partial charge in [0.1, 0.15) is 5.54 Å². The lowest BCUT2D eigenvalue weighted by Gasteiger charge is -2.34. The van der Waals surface area contributed by atoms with E-state index < -0.39 is 5.54 Å². The number of rotatable bonds is 2. The average Bonchev–Trinajstić information content (AvgIpc) is 2.89. The van der Waals surface area contributed by atoms with E-state index in [0.29, 0.717) is 18.9 Å². The zero-order valence-electron chi connectivity index (χ0n) is 12.0. The van der Waals surface area contributed by atoms with Crippen molar-refractivity contribution >= 4 is 11.8 Å². The highest BCUT2D eigenvalue weighted by Crippen LogP contribution is 2.33. The van der Waals surface area contributed by atoms with Crippen molar-refractivity contribution in [3.05, 3.63) is 0 Å². The van der Waals surface area contributed by atoms with Crippen LogP contribution in [0.15, 0.2) is 0 Å². The molecule has 112 valence electrons. The first-order valence-electron chi connectivity index (χ1n) is 7.88. The summed E-state index contributed by atoms with van der Waals surface area (Å²) in [4.78, 5) is 26.7. The zero-order valence-corrected chi connectivity index (χ0v) is 12.0. The van der Waals surface area contributed by atoms with E-state index in [0.717, 1.165) is 58.3 Å². The van der Waals surface area contributed by atoms with Gasteiger partial charge in [0.2, 0.25) is 11.8 Å². The molecule has 3 rings (SSSR count). The fraction of sp³-hybridized carbons (Fsp3) is 0.867. The minimum atomic E-state index is -0.594. The van der Waals surface area contributed by atoms with Crippen molar-refractivity contribution in [1.29, 1.82) is 0 Å². The Morgan fingerprint density at radius 2 is 2.05 bits per heavy atom. The van der Waals surface area contributed by atoms with E-state index in [-0.39, 0.29) is 11.8 Å². The predicted molar refractivity (Wildman–Crippen MR) is 74.1 cm³/mol. The third-order valence-electron chi connectivity index (χ3n) is 4.87. The Hall–Kier alpha value is -1.10. The maximum absolute atomic E-state index is 12.9. The van der Waals surface area contributed by atoms with Gasteiger partial charge in [-0.1, -0.05) is 12.8 Å². The number of carbonyl (C=O) groups is 2. The molecule has 2 aliphatic heterocycles. The highest BCUT2D eigenvalue weighted by Gasteiger charge is 2.46. The van der Waals surface area contributed by atoms with Gasteiger partial charge in [0.05, 0.1) is 6.61 Å². The topological polar surface area (TPSA) is 58.6 Å². The first-order valence-corrected chi connectivity index (χ1v) is 7.88. The standard InChI is InChI=1S/C15H24N2O3/c18-13-5-8-17(10-12-4-3-9-20-11-12)14(19)15(16-13)6-1-2-7-15/h12H,1-11H2,(H,16,18). The van der Waals surface area contributed by atoms with E-state index >= 15 is 0 Å². The zero-order chi connectivity index (χ0) is 14.0. The van der Waals surface area contributed by atoms with E-state index in [2.05, 4.69) is 5.32 Å². The van der Waals surface area contributed by atoms with Gasteiger partial charge in [-0.3, -0.25) is 9.59 Å². The monoisotopic (exact) mass is 280 g/mol. The van der Waals surface area contributed by atoms with Crippen molar-refractivity contribution in [3.63, 3.8) is 0 Å². The smallest absolute Gasteiger partial charge is 0.248 e. The van der Waals surface area contributed by atoms with Gasteiger partial charge in [-0.2, -0.15) is 0 Å². The maximum atomic E-state index is 12.9. The van der Waals surface area contributed by atoms with Crippen LogP contribution >= 0.6 is 0 Å². The molecule has 3 fully saturated rings. The van der Waals surface area contributed by atoms with Gasteiger partial charge >= 0.3 is 0 Å². The van der Waals surface area contributed by atoms with E-state index in [1.807, 2.05) is 4.90 Å². The molecule has 0 aromatic rings. The molecule has 20 heavy (non-hydrogen) atoms. The Bertz CT molecular complexity index is 385. The van der Waals surface area contributed by atoms with Gasteiger partial charge in [-0.05, 0) is 31.6 Å². The summed E-state index contributed by atoms with van der Waals surface area (Å²) in [5, 5.41) is 3.01. The molecule has 1 atom stereocenters. The maximum Gasteiger partial charge on any atom is 0.248 e. The third-order valence-corrected chi connectivity index (χ3v) is 4.87. The molecule has 0 aromatic carbocycles. The van der Waals surface area contributed by atoms with Crippen molar-refractivity contribution in [3.8, 4) is 0 Å². The summed E-state index contributed by atoms with van der Waals surface area (Å²) in [6, 6.07) is 0. The first-order chi connectivity index (χ1) is 9.70. The predicted octanol–water partition coefficient (Wildman–Crippen LogP) is 1.07. The molecule has 1 saturated carbocycles. The van der Waals surface area contributed by atoms with Crippen LogP contribution in [0, 0.1) is 5.92 Å². The number of nitrogens with one attached hydrogen (secondary N) is 1. The fourth-order valence-electron chi connectivity index (χ4n) is 3.78. The van der Waals surface area contributed by atoms with Gasteiger partial charge in [0, 0.05) is 26.1 Å². The molecular formula is C15H24N2O3. The highest BCUT2D eigenvalue weighted by atomic mass is 16.5. The van der Waals surface area contributed by atoms with Crippen molar-refractivity contribution in [2.45, 2.75) is 50.5 Å². The molecule has 3 aliphatic rings. The minimum Gasteiger partial charge on any atom is -0.381 e. The summed E-state index contributed by atoms with van der Waals surface area (Å²) >= 11 is 0. The van der Waals surface area contributed by atoms with Gasteiger partial charge in [-0.25, -0.2) is 0 Å². The van der Waals surface area contributed by atoms with Crippen LogP contribution in [0.25, 0.3) is 0 Å². The molecule has 5 nitrogen and oxygen atoms in total. The normalized spacial score (nSPS) is 30.4. The fourth-order valence-corrected chi connectivity index (χ4v) is 3.78. The van der Waals surface area contributed by atoms with Crippen molar-refractivity contribution in [2.75, 3.05) is 26.3 Å². The highest BCUT2D eigenvalue weighted by molar-refractivity contribution is 5.93. The summed E-state index contributed by atoms with van der Waals surface area (Å²) in [6.45, 7) is 2.89. The Morgan fingerprint density at radius 3 is 2.75 bits per heavy atom. The molecule has 0 bridgehead atoms. The van der Waals surface area contributed by atoms with Crippen molar-refractivity contribution < 1.29 is 14.3 Å². The molecule has 2 saturated heterocycles. The van der Waals surface area contributed by atoms with Crippen LogP contribution in [0.2, 0.25) is 0 Å². The van der Waals surface area contributed by atoms with Crippen LogP contribution in [0.3, 0.4) is 0 Å². The molecular weight excluding hydrogens is 256 g/mol. The Balaban J connectivity index is 1.72. The molecule has 5 heteroatoms. The Labute approximate surface area is 120 Å².